The van der Waals surface area contributed by atoms with E-state index in [0.717, 1.165) is 22.6 Å². The highest BCUT2D eigenvalue weighted by atomic mass is 16.5. The molecule has 3 N–H and O–H groups in total. The van der Waals surface area contributed by atoms with Gasteiger partial charge in [0, 0.05) is 6.07 Å². The van der Waals surface area contributed by atoms with E-state index in [1.54, 1.807) is 0 Å². The van der Waals surface area contributed by atoms with Crippen LogP contribution in [0.15, 0.2) is 18.2 Å². The molecule has 1 heterocycles. The van der Waals surface area contributed by atoms with Crippen LogP contribution >= 0.6 is 0 Å². The smallest absolute Gasteiger partial charge is 0.123 e. The molecule has 0 aliphatic carbocycles. The second-order valence-corrected chi connectivity index (χ2v) is 3.52. The van der Waals surface area contributed by atoms with E-state index in [4.69, 9.17) is 10.5 Å². The number of nitrogens with zero attached hydrogens (tertiary/aromatic N) is 1. The highest BCUT2D eigenvalue weighted by molar-refractivity contribution is 5.76. The van der Waals surface area contributed by atoms with Gasteiger partial charge < -0.3 is 15.5 Å². The van der Waals surface area contributed by atoms with Crippen LogP contribution in [0.1, 0.15) is 25.7 Å². The van der Waals surface area contributed by atoms with Crippen molar-refractivity contribution in [1.82, 2.24) is 9.97 Å². The average Bonchev–Trinajstić information content (AvgIpc) is 2.61. The summed E-state index contributed by atoms with van der Waals surface area (Å²) in [5.41, 5.74) is 7.64. The third-order valence-electron chi connectivity index (χ3n) is 2.21. The summed E-state index contributed by atoms with van der Waals surface area (Å²) < 4.78 is 5.40. The number of fused-ring (bicyclic) bond motifs is 1. The van der Waals surface area contributed by atoms with Crippen molar-refractivity contribution in [3.05, 3.63) is 24.0 Å². The summed E-state index contributed by atoms with van der Waals surface area (Å²) in [4.78, 5) is 7.56. The van der Waals surface area contributed by atoms with Gasteiger partial charge in [0.25, 0.3) is 0 Å². The summed E-state index contributed by atoms with van der Waals surface area (Å²) in [6, 6.07) is 5.71. The van der Waals surface area contributed by atoms with Gasteiger partial charge in [-0.2, -0.15) is 0 Å². The summed E-state index contributed by atoms with van der Waals surface area (Å²) in [6.07, 6.45) is 0. The van der Waals surface area contributed by atoms with Gasteiger partial charge >= 0.3 is 0 Å². The number of nitrogens with one attached hydrogen (secondary N) is 1. The monoisotopic (exact) mass is 205 g/mol. The Morgan fingerprint density at radius 3 is 3.00 bits per heavy atom. The topological polar surface area (TPSA) is 63.9 Å². The first-order valence-corrected chi connectivity index (χ1v) is 5.08. The van der Waals surface area contributed by atoms with E-state index >= 15 is 0 Å². The summed E-state index contributed by atoms with van der Waals surface area (Å²) in [7, 11) is 0. The molecule has 2 aromatic rings. The maximum Gasteiger partial charge on any atom is 0.123 e. The molecule has 2 rings (SSSR count). The fourth-order valence-electron chi connectivity index (χ4n) is 1.48. The van der Waals surface area contributed by atoms with Crippen molar-refractivity contribution in [3.8, 4) is 5.75 Å². The second kappa shape index (κ2) is 3.90. The maximum atomic E-state index is 5.75. The van der Waals surface area contributed by atoms with Crippen LogP contribution in [-0.4, -0.2) is 16.6 Å². The van der Waals surface area contributed by atoms with Crippen LogP contribution in [-0.2, 0) is 0 Å². The Balaban J connectivity index is 2.43. The van der Waals surface area contributed by atoms with Crippen molar-refractivity contribution in [2.45, 2.75) is 19.9 Å². The van der Waals surface area contributed by atoms with Crippen LogP contribution in [0, 0.1) is 0 Å². The van der Waals surface area contributed by atoms with E-state index in [2.05, 4.69) is 9.97 Å². The summed E-state index contributed by atoms with van der Waals surface area (Å²) in [5, 5.41) is 0. The largest absolute Gasteiger partial charge is 0.494 e. The van der Waals surface area contributed by atoms with Gasteiger partial charge in [-0.1, -0.05) is 0 Å². The lowest BCUT2D eigenvalue weighted by Crippen LogP contribution is -2.06. The summed E-state index contributed by atoms with van der Waals surface area (Å²) >= 11 is 0. The number of H-pyrrole nitrogens is 1. The zero-order chi connectivity index (χ0) is 10.8. The maximum absolute atomic E-state index is 5.75. The number of aromatic nitrogens is 2. The molecule has 1 atom stereocenters. The number of hydrogen-bond donors (Lipinski definition) is 2. The van der Waals surface area contributed by atoms with E-state index in [1.165, 1.54) is 0 Å². The molecule has 15 heavy (non-hydrogen) atoms. The first-order valence-electron chi connectivity index (χ1n) is 5.08. The minimum atomic E-state index is -0.0760. The Morgan fingerprint density at radius 1 is 1.53 bits per heavy atom. The van der Waals surface area contributed by atoms with Crippen molar-refractivity contribution in [2.24, 2.45) is 5.73 Å². The van der Waals surface area contributed by atoms with Crippen molar-refractivity contribution in [3.63, 3.8) is 0 Å². The Labute approximate surface area is 88.5 Å². The molecule has 0 aliphatic rings. The number of imidazole rings is 1. The van der Waals surface area contributed by atoms with Gasteiger partial charge in [-0.25, -0.2) is 4.98 Å². The van der Waals surface area contributed by atoms with Crippen molar-refractivity contribution < 1.29 is 4.74 Å². The van der Waals surface area contributed by atoms with E-state index in [-0.39, 0.29) is 6.04 Å². The standard InChI is InChI=1S/C11H15N3O/c1-3-15-8-4-5-9-10(6-8)14-11(13-9)7(2)12/h4-7H,3,12H2,1-2H3,(H,13,14). The fourth-order valence-corrected chi connectivity index (χ4v) is 1.48. The molecule has 1 unspecified atom stereocenters. The normalized spacial score (nSPS) is 13.0. The molecule has 4 heteroatoms. The molecule has 0 radical (unpaired) electrons. The van der Waals surface area contributed by atoms with E-state index in [1.807, 2.05) is 32.0 Å². The molecule has 1 aromatic heterocycles. The Kier molecular flexibility index (Phi) is 2.60. The zero-order valence-corrected chi connectivity index (χ0v) is 8.95. The Morgan fingerprint density at radius 2 is 2.33 bits per heavy atom. The lowest BCUT2D eigenvalue weighted by molar-refractivity contribution is 0.340. The third-order valence-corrected chi connectivity index (χ3v) is 2.21. The number of nitrogens with two attached hydrogens (primary N) is 1. The Bertz CT molecular complexity index is 462. The number of ether oxygens (including phenoxy) is 1. The minimum Gasteiger partial charge on any atom is -0.494 e. The van der Waals surface area contributed by atoms with Crippen molar-refractivity contribution >= 4 is 11.0 Å². The molecular formula is C11H15N3O. The quantitative estimate of drug-likeness (QED) is 0.805. The molecule has 0 saturated heterocycles. The van der Waals surface area contributed by atoms with Crippen molar-refractivity contribution in [1.29, 1.82) is 0 Å². The third kappa shape index (κ3) is 1.94. The molecule has 0 amide bonds. The molecule has 0 bridgehead atoms. The molecule has 0 aliphatic heterocycles. The fraction of sp³-hybridized carbons (Fsp3) is 0.364. The van der Waals surface area contributed by atoms with Gasteiger partial charge in [0.15, 0.2) is 0 Å². The molecule has 0 fully saturated rings. The molecule has 0 saturated carbocycles. The molecule has 80 valence electrons. The molecular weight excluding hydrogens is 190 g/mol. The van der Waals surface area contributed by atoms with Gasteiger partial charge in [0.05, 0.1) is 23.7 Å². The summed E-state index contributed by atoms with van der Waals surface area (Å²) in [6.45, 7) is 4.53. The Hall–Kier alpha value is -1.55. The van der Waals surface area contributed by atoms with E-state index in [9.17, 15) is 0 Å². The molecule has 1 aromatic carbocycles. The van der Waals surface area contributed by atoms with Gasteiger partial charge in [0.1, 0.15) is 11.6 Å². The number of aromatic amines is 1. The second-order valence-electron chi connectivity index (χ2n) is 3.52. The van der Waals surface area contributed by atoms with Crippen LogP contribution in [0.2, 0.25) is 0 Å². The van der Waals surface area contributed by atoms with Gasteiger partial charge in [-0.15, -0.1) is 0 Å². The lowest BCUT2D eigenvalue weighted by Gasteiger charge is -2.00. The lowest BCUT2D eigenvalue weighted by atomic mass is 10.3. The van der Waals surface area contributed by atoms with Crippen LogP contribution in [0.4, 0.5) is 0 Å². The predicted molar refractivity (Wildman–Crippen MR) is 59.9 cm³/mol. The summed E-state index contributed by atoms with van der Waals surface area (Å²) in [5.74, 6) is 1.66. The predicted octanol–water partition coefficient (Wildman–Crippen LogP) is 1.98. The molecule has 4 nitrogen and oxygen atoms in total. The first kappa shape index (κ1) is 9.98. The molecule has 0 spiro atoms. The number of benzene rings is 1. The highest BCUT2D eigenvalue weighted by Crippen LogP contribution is 2.20. The van der Waals surface area contributed by atoms with Gasteiger partial charge in [-0.3, -0.25) is 0 Å². The van der Waals surface area contributed by atoms with E-state index < -0.39 is 0 Å². The van der Waals surface area contributed by atoms with Crippen LogP contribution < -0.4 is 10.5 Å². The van der Waals surface area contributed by atoms with Gasteiger partial charge in [0.2, 0.25) is 0 Å². The number of rotatable bonds is 3. The zero-order valence-electron chi connectivity index (χ0n) is 8.95. The van der Waals surface area contributed by atoms with Crippen LogP contribution in [0.25, 0.3) is 11.0 Å². The van der Waals surface area contributed by atoms with Gasteiger partial charge in [-0.05, 0) is 26.0 Å². The van der Waals surface area contributed by atoms with Crippen LogP contribution in [0.3, 0.4) is 0 Å². The average molecular weight is 205 g/mol. The number of hydrogen-bond acceptors (Lipinski definition) is 3. The van der Waals surface area contributed by atoms with Crippen molar-refractivity contribution in [2.75, 3.05) is 6.61 Å². The van der Waals surface area contributed by atoms with Crippen LogP contribution in [0.5, 0.6) is 5.75 Å². The highest BCUT2D eigenvalue weighted by Gasteiger charge is 2.06. The minimum absolute atomic E-state index is 0.0760. The SMILES string of the molecule is CCOc1ccc2nc(C(C)N)[nH]c2c1. The van der Waals surface area contributed by atoms with E-state index in [0.29, 0.717) is 6.61 Å². The first-order chi connectivity index (χ1) is 7.20.